The quantitative estimate of drug-likeness (QED) is 0.412. The number of imidazole rings is 1. The predicted octanol–water partition coefficient (Wildman–Crippen LogP) is 3.20. The molecule has 0 spiro atoms. The average Bonchev–Trinajstić information content (AvgIpc) is 3.52. The van der Waals surface area contributed by atoms with Gasteiger partial charge < -0.3 is 24.7 Å². The lowest BCUT2D eigenvalue weighted by Gasteiger charge is -2.28. The predicted molar refractivity (Wildman–Crippen MR) is 143 cm³/mol. The number of carbonyl (C=O) groups is 1. The van der Waals surface area contributed by atoms with Gasteiger partial charge in [0.2, 0.25) is 0 Å². The van der Waals surface area contributed by atoms with Gasteiger partial charge in [0.15, 0.2) is 5.65 Å². The summed E-state index contributed by atoms with van der Waals surface area (Å²) < 4.78 is 14.9. The van der Waals surface area contributed by atoms with Gasteiger partial charge in [-0.05, 0) is 58.2 Å². The summed E-state index contributed by atoms with van der Waals surface area (Å²) in [6.45, 7) is 8.30. The molecule has 0 aliphatic carbocycles. The van der Waals surface area contributed by atoms with E-state index in [1.165, 1.54) is 6.33 Å². The Hall–Kier alpha value is -4.17. The SMILES string of the molecule is COC[C@H]1C[C@H](n2nc(C#Cc3ccc4nc(C)n(C)c4c3)c3c(N)ncnc32)CN1C(=O)OC(C)(C)C. The zero-order valence-electron chi connectivity index (χ0n) is 22.5. The van der Waals surface area contributed by atoms with Gasteiger partial charge in [-0.3, -0.25) is 0 Å². The molecule has 1 aliphatic rings. The molecule has 0 radical (unpaired) electrons. The number of nitrogen functional groups attached to an aromatic ring is 1. The van der Waals surface area contributed by atoms with Gasteiger partial charge in [-0.2, -0.15) is 5.10 Å². The molecule has 11 nitrogen and oxygen atoms in total. The molecule has 4 aromatic rings. The largest absolute Gasteiger partial charge is 0.444 e. The Morgan fingerprint density at radius 2 is 2.03 bits per heavy atom. The Morgan fingerprint density at radius 1 is 1.24 bits per heavy atom. The van der Waals surface area contributed by atoms with E-state index in [1.807, 2.05) is 57.5 Å². The van der Waals surface area contributed by atoms with Gasteiger partial charge in [0.25, 0.3) is 0 Å². The minimum absolute atomic E-state index is 0.163. The molecule has 0 unspecified atom stereocenters. The Morgan fingerprint density at radius 3 is 2.76 bits per heavy atom. The number of anilines is 1. The van der Waals surface area contributed by atoms with Crippen LogP contribution in [0.5, 0.6) is 0 Å². The van der Waals surface area contributed by atoms with Crippen LogP contribution in [-0.2, 0) is 16.5 Å². The van der Waals surface area contributed by atoms with Crippen LogP contribution in [0.4, 0.5) is 10.6 Å². The number of fused-ring (bicyclic) bond motifs is 2. The van der Waals surface area contributed by atoms with Gasteiger partial charge in [0, 0.05) is 26.3 Å². The number of hydrogen-bond donors (Lipinski definition) is 1. The molecule has 2 atom stereocenters. The van der Waals surface area contributed by atoms with Crippen molar-refractivity contribution in [2.75, 3.05) is 26.0 Å². The van der Waals surface area contributed by atoms with E-state index in [9.17, 15) is 4.79 Å². The first kappa shape index (κ1) is 25.5. The Kier molecular flexibility index (Phi) is 6.44. The van der Waals surface area contributed by atoms with E-state index in [0.717, 1.165) is 22.4 Å². The fourth-order valence-electron chi connectivity index (χ4n) is 4.82. The molecule has 1 amide bonds. The highest BCUT2D eigenvalue weighted by molar-refractivity contribution is 5.90. The number of carbonyl (C=O) groups excluding carboxylic acids is 1. The molecular formula is C27H32N8O3. The molecule has 0 bridgehead atoms. The maximum atomic E-state index is 13.0. The summed E-state index contributed by atoms with van der Waals surface area (Å²) in [7, 11) is 3.60. The second-order valence-corrected chi connectivity index (χ2v) is 10.6. The third-order valence-electron chi connectivity index (χ3n) is 6.67. The molecule has 3 aromatic heterocycles. The minimum atomic E-state index is -0.604. The first-order valence-electron chi connectivity index (χ1n) is 12.5. The lowest BCUT2D eigenvalue weighted by Crippen LogP contribution is -2.41. The zero-order valence-corrected chi connectivity index (χ0v) is 22.5. The van der Waals surface area contributed by atoms with Crippen molar-refractivity contribution in [3.8, 4) is 11.8 Å². The summed E-state index contributed by atoms with van der Waals surface area (Å²) in [6.07, 6.45) is 1.66. The van der Waals surface area contributed by atoms with E-state index < -0.39 is 5.60 Å². The van der Waals surface area contributed by atoms with Crippen LogP contribution in [0, 0.1) is 18.8 Å². The third-order valence-corrected chi connectivity index (χ3v) is 6.67. The molecule has 1 aliphatic heterocycles. The van der Waals surface area contributed by atoms with Crippen LogP contribution in [0.25, 0.3) is 22.1 Å². The van der Waals surface area contributed by atoms with Crippen LogP contribution >= 0.6 is 0 Å². The highest BCUT2D eigenvalue weighted by atomic mass is 16.6. The zero-order chi connectivity index (χ0) is 27.2. The second kappa shape index (κ2) is 9.61. The number of hydrogen-bond acceptors (Lipinski definition) is 8. The number of aromatic nitrogens is 6. The maximum Gasteiger partial charge on any atom is 0.410 e. The second-order valence-electron chi connectivity index (χ2n) is 10.6. The van der Waals surface area contributed by atoms with Crippen LogP contribution in [0.15, 0.2) is 24.5 Å². The summed E-state index contributed by atoms with van der Waals surface area (Å²) in [5.41, 5.74) is 9.48. The lowest BCUT2D eigenvalue weighted by atomic mass is 10.2. The van der Waals surface area contributed by atoms with Gasteiger partial charge in [0.05, 0.1) is 35.1 Å². The Bertz CT molecular complexity index is 1590. The van der Waals surface area contributed by atoms with Crippen LogP contribution in [-0.4, -0.2) is 72.2 Å². The number of nitrogens with zero attached hydrogens (tertiary/aromatic N) is 7. The molecule has 0 saturated carbocycles. The number of ether oxygens (including phenoxy) is 2. The highest BCUT2D eigenvalue weighted by Crippen LogP contribution is 2.32. The molecule has 4 heterocycles. The van der Waals surface area contributed by atoms with Crippen molar-refractivity contribution in [2.24, 2.45) is 7.05 Å². The summed E-state index contributed by atoms with van der Waals surface area (Å²) in [6, 6.07) is 5.57. The van der Waals surface area contributed by atoms with Crippen LogP contribution in [0.3, 0.4) is 0 Å². The van der Waals surface area contributed by atoms with Crippen molar-refractivity contribution < 1.29 is 14.3 Å². The van der Waals surface area contributed by atoms with Crippen molar-refractivity contribution >= 4 is 34.0 Å². The monoisotopic (exact) mass is 516 g/mol. The number of aryl methyl sites for hydroxylation is 2. The number of nitrogens with two attached hydrogens (primary N) is 1. The number of benzene rings is 1. The van der Waals surface area contributed by atoms with Gasteiger partial charge in [-0.15, -0.1) is 0 Å². The Labute approximate surface area is 220 Å². The van der Waals surface area contributed by atoms with Crippen molar-refractivity contribution in [1.29, 1.82) is 0 Å². The smallest absolute Gasteiger partial charge is 0.410 e. The molecular weight excluding hydrogens is 484 g/mol. The normalized spacial score (nSPS) is 17.7. The standard InChI is InChI=1S/C27H32N8O3/c1-16-31-20-9-7-17(11-22(20)33(16)5)8-10-21-23-24(28)29-15-30-25(23)35(32-21)18-12-19(14-37-6)34(13-18)26(36)38-27(2,3)4/h7,9,11,15,18-19H,12-14H2,1-6H3,(H2,28,29,30)/t18-,19+/m0/s1. The molecule has 1 saturated heterocycles. The topological polar surface area (TPSA) is 126 Å². The molecule has 5 rings (SSSR count). The van der Waals surface area contributed by atoms with Crippen LogP contribution < -0.4 is 5.73 Å². The van der Waals surface area contributed by atoms with Gasteiger partial charge in [-0.1, -0.05) is 5.92 Å². The highest BCUT2D eigenvalue weighted by Gasteiger charge is 2.39. The lowest BCUT2D eigenvalue weighted by molar-refractivity contribution is 0.0145. The minimum Gasteiger partial charge on any atom is -0.444 e. The van der Waals surface area contributed by atoms with Gasteiger partial charge in [0.1, 0.15) is 29.3 Å². The summed E-state index contributed by atoms with van der Waals surface area (Å²) >= 11 is 0. The summed E-state index contributed by atoms with van der Waals surface area (Å²) in [5, 5.41) is 5.41. The van der Waals surface area contributed by atoms with Crippen molar-refractivity contribution in [1.82, 2.24) is 34.2 Å². The van der Waals surface area contributed by atoms with Crippen molar-refractivity contribution in [3.05, 3.63) is 41.6 Å². The molecule has 1 fully saturated rings. The summed E-state index contributed by atoms with van der Waals surface area (Å²) in [4.78, 5) is 27.9. The maximum absolute atomic E-state index is 13.0. The van der Waals surface area contributed by atoms with E-state index in [2.05, 4.69) is 26.8 Å². The van der Waals surface area contributed by atoms with E-state index >= 15 is 0 Å². The number of amides is 1. The van der Waals surface area contributed by atoms with E-state index in [0.29, 0.717) is 42.1 Å². The fourth-order valence-corrected chi connectivity index (χ4v) is 4.82. The van der Waals surface area contributed by atoms with E-state index in [4.69, 9.17) is 20.3 Å². The average molecular weight is 517 g/mol. The van der Waals surface area contributed by atoms with E-state index in [-0.39, 0.29) is 18.2 Å². The first-order valence-corrected chi connectivity index (χ1v) is 12.5. The molecule has 2 N–H and O–H groups in total. The van der Waals surface area contributed by atoms with Gasteiger partial charge in [-0.25, -0.2) is 24.4 Å². The van der Waals surface area contributed by atoms with Crippen LogP contribution in [0.2, 0.25) is 0 Å². The van der Waals surface area contributed by atoms with Crippen LogP contribution in [0.1, 0.15) is 50.3 Å². The molecule has 1 aromatic carbocycles. The molecule has 198 valence electrons. The number of methoxy groups -OCH3 is 1. The van der Waals surface area contributed by atoms with Crippen molar-refractivity contribution in [2.45, 2.75) is 51.8 Å². The Balaban J connectivity index is 1.51. The molecule has 11 heteroatoms. The van der Waals surface area contributed by atoms with E-state index in [1.54, 1.807) is 16.7 Å². The number of rotatable bonds is 3. The number of likely N-dealkylation sites (tertiary alicyclic amines) is 1. The fraction of sp³-hybridized carbons (Fsp3) is 0.444. The van der Waals surface area contributed by atoms with Gasteiger partial charge >= 0.3 is 6.09 Å². The first-order chi connectivity index (χ1) is 18.1. The third kappa shape index (κ3) is 4.75. The molecule has 38 heavy (non-hydrogen) atoms. The van der Waals surface area contributed by atoms with Crippen molar-refractivity contribution in [3.63, 3.8) is 0 Å². The summed E-state index contributed by atoms with van der Waals surface area (Å²) in [5.74, 6) is 7.63.